The van der Waals surface area contributed by atoms with Gasteiger partial charge in [-0.1, -0.05) is 25.7 Å². The second-order valence-electron chi connectivity index (χ2n) is 5.82. The van der Waals surface area contributed by atoms with Gasteiger partial charge < -0.3 is 5.73 Å². The van der Waals surface area contributed by atoms with Gasteiger partial charge in [-0.3, -0.25) is 4.79 Å². The third-order valence-electron chi connectivity index (χ3n) is 4.52. The molecule has 1 aromatic carbocycles. The number of ketones is 1. The van der Waals surface area contributed by atoms with Crippen LogP contribution in [0.1, 0.15) is 44.1 Å². The number of halogens is 3. The molecule has 5 heteroatoms. The molecule has 1 aliphatic rings. The molecule has 0 aromatic heterocycles. The van der Waals surface area contributed by atoms with Gasteiger partial charge in [0.15, 0.2) is 0 Å². The van der Waals surface area contributed by atoms with Crippen LogP contribution >= 0.6 is 15.9 Å². The van der Waals surface area contributed by atoms with Gasteiger partial charge in [-0.2, -0.15) is 0 Å². The third kappa shape index (κ3) is 3.51. The molecule has 0 bridgehead atoms. The zero-order valence-electron chi connectivity index (χ0n) is 11.9. The molecule has 0 atom stereocenters. The molecule has 1 saturated carbocycles. The normalized spacial score (nSPS) is 18.3. The van der Waals surface area contributed by atoms with Crippen molar-refractivity contribution < 1.29 is 13.6 Å². The molecular weight excluding hydrogens is 340 g/mol. The monoisotopic (exact) mass is 359 g/mol. The first-order chi connectivity index (χ1) is 10.00. The van der Waals surface area contributed by atoms with Gasteiger partial charge in [0.25, 0.3) is 0 Å². The lowest BCUT2D eigenvalue weighted by Crippen LogP contribution is -2.39. The van der Waals surface area contributed by atoms with Gasteiger partial charge >= 0.3 is 0 Å². The number of carbonyl (C=O) groups excluding carboxylic acids is 1. The first-order valence-corrected chi connectivity index (χ1v) is 8.15. The smallest absolute Gasteiger partial charge is 0.144 e. The van der Waals surface area contributed by atoms with Gasteiger partial charge in [-0.25, -0.2) is 8.78 Å². The molecule has 0 saturated heterocycles. The van der Waals surface area contributed by atoms with Gasteiger partial charge in [-0.15, -0.1) is 0 Å². The highest BCUT2D eigenvalue weighted by Crippen LogP contribution is 2.36. The molecule has 0 unspecified atom stereocenters. The average molecular weight is 360 g/mol. The summed E-state index contributed by atoms with van der Waals surface area (Å²) in [6.07, 6.45) is 5.30. The minimum absolute atomic E-state index is 0.136. The van der Waals surface area contributed by atoms with Crippen LogP contribution in [0, 0.1) is 17.0 Å². The van der Waals surface area contributed by atoms with Gasteiger partial charge in [-0.05, 0) is 40.9 Å². The zero-order valence-corrected chi connectivity index (χ0v) is 13.5. The Labute approximate surface area is 132 Å². The number of hydrogen-bond donors (Lipinski definition) is 1. The Morgan fingerprint density at radius 2 is 1.81 bits per heavy atom. The summed E-state index contributed by atoms with van der Waals surface area (Å²) in [4.78, 5) is 12.7. The van der Waals surface area contributed by atoms with Crippen molar-refractivity contribution in [3.8, 4) is 0 Å². The Balaban J connectivity index is 2.25. The first-order valence-electron chi connectivity index (χ1n) is 7.36. The highest BCUT2D eigenvalue weighted by Gasteiger charge is 2.37. The zero-order chi connectivity index (χ0) is 15.5. The van der Waals surface area contributed by atoms with Crippen molar-refractivity contribution >= 4 is 21.7 Å². The number of rotatable bonds is 4. The average Bonchev–Trinajstić information content (AvgIpc) is 2.74. The molecule has 0 spiro atoms. The van der Waals surface area contributed by atoms with E-state index >= 15 is 0 Å². The Bertz CT molecular complexity index is 525. The highest BCUT2D eigenvalue weighted by atomic mass is 79.9. The van der Waals surface area contributed by atoms with Crippen LogP contribution in [0.5, 0.6) is 0 Å². The van der Waals surface area contributed by atoms with Gasteiger partial charge in [0.2, 0.25) is 0 Å². The second kappa shape index (κ2) is 6.97. The molecule has 1 aromatic rings. The van der Waals surface area contributed by atoms with E-state index in [1.807, 2.05) is 0 Å². The van der Waals surface area contributed by atoms with E-state index < -0.39 is 17.0 Å². The lowest BCUT2D eigenvalue weighted by atomic mass is 9.74. The summed E-state index contributed by atoms with van der Waals surface area (Å²) in [7, 11) is 0. The number of carbonyl (C=O) groups is 1. The van der Waals surface area contributed by atoms with Crippen molar-refractivity contribution in [3.05, 3.63) is 33.8 Å². The van der Waals surface area contributed by atoms with E-state index in [0.29, 0.717) is 0 Å². The molecule has 0 heterocycles. The third-order valence-corrected chi connectivity index (χ3v) is 5.13. The molecule has 116 valence electrons. The van der Waals surface area contributed by atoms with Crippen LogP contribution in [-0.4, -0.2) is 12.3 Å². The van der Waals surface area contributed by atoms with Crippen molar-refractivity contribution in [2.45, 2.75) is 44.9 Å². The Morgan fingerprint density at radius 1 is 1.19 bits per heavy atom. The molecule has 0 amide bonds. The van der Waals surface area contributed by atoms with Crippen LogP contribution in [0.2, 0.25) is 0 Å². The Hall–Kier alpha value is -0.810. The van der Waals surface area contributed by atoms with Gasteiger partial charge in [0, 0.05) is 23.9 Å². The number of Topliss-reactive ketones (excluding diaryl/α,β-unsaturated/α-hetero) is 1. The molecule has 0 aliphatic heterocycles. The predicted octanol–water partition coefficient (Wildman–Crippen LogP) is 4.14. The predicted molar refractivity (Wildman–Crippen MR) is 82.0 cm³/mol. The van der Waals surface area contributed by atoms with E-state index in [9.17, 15) is 13.6 Å². The van der Waals surface area contributed by atoms with Gasteiger partial charge in [0.05, 0.1) is 4.47 Å². The summed E-state index contributed by atoms with van der Waals surface area (Å²) >= 11 is 3.03. The lowest BCUT2D eigenvalue weighted by molar-refractivity contribution is -0.128. The summed E-state index contributed by atoms with van der Waals surface area (Å²) in [5.41, 5.74) is 5.08. The minimum atomic E-state index is -0.691. The maximum absolute atomic E-state index is 14.0. The van der Waals surface area contributed by atoms with E-state index in [-0.39, 0.29) is 28.8 Å². The number of hydrogen-bond acceptors (Lipinski definition) is 2. The van der Waals surface area contributed by atoms with Crippen molar-refractivity contribution in [1.82, 2.24) is 0 Å². The van der Waals surface area contributed by atoms with Crippen LogP contribution in [0.15, 0.2) is 16.6 Å². The van der Waals surface area contributed by atoms with E-state index in [1.54, 1.807) is 0 Å². The second-order valence-corrected chi connectivity index (χ2v) is 6.67. The van der Waals surface area contributed by atoms with Crippen molar-refractivity contribution in [1.29, 1.82) is 0 Å². The summed E-state index contributed by atoms with van der Waals surface area (Å²) in [6, 6.07) is 2.49. The highest BCUT2D eigenvalue weighted by molar-refractivity contribution is 9.10. The number of nitrogens with two attached hydrogens (primary N) is 1. The molecule has 2 rings (SSSR count). The quantitative estimate of drug-likeness (QED) is 0.648. The lowest BCUT2D eigenvalue weighted by Gasteiger charge is -2.30. The van der Waals surface area contributed by atoms with Crippen LogP contribution < -0.4 is 5.73 Å². The summed E-state index contributed by atoms with van der Waals surface area (Å²) in [6.45, 7) is 0.253. The summed E-state index contributed by atoms with van der Waals surface area (Å²) in [5, 5.41) is 0. The van der Waals surface area contributed by atoms with E-state index in [2.05, 4.69) is 15.9 Å². The fraction of sp³-hybridized carbons (Fsp3) is 0.562. The largest absolute Gasteiger partial charge is 0.329 e. The molecule has 2 N–H and O–H groups in total. The maximum atomic E-state index is 14.0. The van der Waals surface area contributed by atoms with Crippen LogP contribution in [0.4, 0.5) is 8.78 Å². The van der Waals surface area contributed by atoms with Crippen molar-refractivity contribution in [3.63, 3.8) is 0 Å². The van der Waals surface area contributed by atoms with Crippen LogP contribution in [0.3, 0.4) is 0 Å². The topological polar surface area (TPSA) is 43.1 Å². The van der Waals surface area contributed by atoms with E-state index in [1.165, 1.54) is 12.1 Å². The van der Waals surface area contributed by atoms with E-state index in [0.717, 1.165) is 38.5 Å². The van der Waals surface area contributed by atoms with Crippen molar-refractivity contribution in [2.75, 3.05) is 6.54 Å². The molecule has 21 heavy (non-hydrogen) atoms. The first kappa shape index (κ1) is 16.6. The molecule has 1 fully saturated rings. The van der Waals surface area contributed by atoms with Gasteiger partial charge in [0.1, 0.15) is 17.4 Å². The Kier molecular flexibility index (Phi) is 5.49. The molecular formula is C16H20BrF2NO. The Morgan fingerprint density at radius 3 is 2.38 bits per heavy atom. The van der Waals surface area contributed by atoms with Crippen LogP contribution in [0.25, 0.3) is 0 Å². The van der Waals surface area contributed by atoms with Crippen LogP contribution in [-0.2, 0) is 11.2 Å². The SMILES string of the molecule is NCC1(C(=O)Cc2c(F)ccc(Br)c2F)CCCCCC1. The fourth-order valence-electron chi connectivity index (χ4n) is 3.08. The number of benzene rings is 1. The van der Waals surface area contributed by atoms with E-state index in [4.69, 9.17) is 5.73 Å². The van der Waals surface area contributed by atoms with Crippen molar-refractivity contribution in [2.24, 2.45) is 11.1 Å². The molecule has 2 nitrogen and oxygen atoms in total. The fourth-order valence-corrected chi connectivity index (χ4v) is 3.45. The summed E-state index contributed by atoms with van der Waals surface area (Å²) < 4.78 is 28.0. The standard InChI is InChI=1S/C16H20BrF2NO/c17-12-5-6-13(18)11(15(12)19)9-14(21)16(10-20)7-3-1-2-4-8-16/h5-6H,1-4,7-10,20H2. The minimum Gasteiger partial charge on any atom is -0.329 e. The summed E-state index contributed by atoms with van der Waals surface area (Å²) in [5.74, 6) is -1.50. The molecule has 0 radical (unpaired) electrons. The maximum Gasteiger partial charge on any atom is 0.144 e. The molecule has 1 aliphatic carbocycles.